The van der Waals surface area contributed by atoms with Crippen LogP contribution >= 0.6 is 0 Å². The summed E-state index contributed by atoms with van der Waals surface area (Å²) in [7, 11) is 2.17. The predicted octanol–water partition coefficient (Wildman–Crippen LogP) is 0.502. The van der Waals surface area contributed by atoms with Crippen molar-refractivity contribution >= 4 is 12.3 Å². The molecular weight excluding hydrogens is 180 g/mol. The topological polar surface area (TPSA) is 52.5 Å². The Hall–Kier alpha value is -1.16. The number of carbonyl (C=O) groups is 1. The van der Waals surface area contributed by atoms with Crippen LogP contribution in [0.1, 0.15) is 26.7 Å². The molecule has 0 radical (unpaired) electrons. The van der Waals surface area contributed by atoms with Crippen molar-refractivity contribution in [2.24, 2.45) is 4.99 Å². The van der Waals surface area contributed by atoms with Crippen LogP contribution in [0.5, 0.6) is 0 Å². The van der Waals surface area contributed by atoms with E-state index in [1.165, 1.54) is 19.4 Å². The monoisotopic (exact) mass is 198 g/mol. The average molecular weight is 198 g/mol. The molecule has 0 bridgehead atoms. The number of aliphatic carboxylic acids is 1. The van der Waals surface area contributed by atoms with Crippen molar-refractivity contribution in [2.45, 2.75) is 26.7 Å². The van der Waals surface area contributed by atoms with Crippen molar-refractivity contribution in [3.63, 3.8) is 0 Å². The van der Waals surface area contributed by atoms with E-state index in [-0.39, 0.29) is 0 Å². The minimum atomic E-state index is -1.08. The van der Waals surface area contributed by atoms with Gasteiger partial charge in [-0.05, 0) is 13.3 Å². The van der Waals surface area contributed by atoms with E-state index in [0.29, 0.717) is 0 Å². The maximum Gasteiger partial charge on any atom is 0.194 e. The average Bonchev–Trinajstić information content (AvgIpc) is 2.48. The van der Waals surface area contributed by atoms with Gasteiger partial charge in [-0.2, -0.15) is 0 Å². The van der Waals surface area contributed by atoms with Crippen molar-refractivity contribution in [3.8, 4) is 0 Å². The summed E-state index contributed by atoms with van der Waals surface area (Å²) >= 11 is 0. The lowest BCUT2D eigenvalue weighted by atomic mass is 10.3. The fraction of sp³-hybridized carbons (Fsp3) is 0.600. The molecule has 1 aliphatic heterocycles. The molecule has 4 nitrogen and oxygen atoms in total. The molecule has 0 spiro atoms. The molecule has 80 valence electrons. The molecule has 1 heterocycles. The first kappa shape index (κ1) is 12.8. The third-order valence-corrected chi connectivity index (χ3v) is 1.82. The van der Waals surface area contributed by atoms with E-state index in [1.54, 1.807) is 0 Å². The Kier molecular flexibility index (Phi) is 5.79. The predicted molar refractivity (Wildman–Crippen MR) is 54.3 cm³/mol. The highest BCUT2D eigenvalue weighted by Gasteiger charge is 2.17. The number of rotatable bonds is 3. The van der Waals surface area contributed by atoms with Crippen LogP contribution in [-0.4, -0.2) is 30.4 Å². The number of carboxylic acid groups (broad SMARTS) is 1. The Labute approximate surface area is 85.2 Å². The first-order valence-electron chi connectivity index (χ1n) is 4.74. The lowest BCUT2D eigenvalue weighted by Crippen LogP contribution is -2.35. The van der Waals surface area contributed by atoms with Gasteiger partial charge in [0.25, 0.3) is 0 Å². The van der Waals surface area contributed by atoms with E-state index in [1.807, 2.05) is 12.5 Å². The van der Waals surface area contributed by atoms with Gasteiger partial charge in [0.15, 0.2) is 6.34 Å². The summed E-state index contributed by atoms with van der Waals surface area (Å²) < 4.78 is 0.883. The molecule has 0 amide bonds. The molecule has 0 aromatic rings. The fourth-order valence-corrected chi connectivity index (χ4v) is 1.05. The Balaban J connectivity index is 0.000000364. The van der Waals surface area contributed by atoms with Crippen LogP contribution in [0, 0.1) is 0 Å². The van der Waals surface area contributed by atoms with Gasteiger partial charge in [-0.15, -0.1) is 0 Å². The van der Waals surface area contributed by atoms with Crippen molar-refractivity contribution < 1.29 is 14.4 Å². The fourth-order valence-electron chi connectivity index (χ4n) is 1.05. The van der Waals surface area contributed by atoms with Gasteiger partial charge in [0.05, 0.1) is 19.8 Å². The molecule has 1 atom stereocenters. The summed E-state index contributed by atoms with van der Waals surface area (Å²) in [5, 5.41) is 8.89. The Morgan fingerprint density at radius 1 is 1.57 bits per heavy atom. The summed E-state index contributed by atoms with van der Waals surface area (Å²) in [5.41, 5.74) is 0. The molecule has 4 heteroatoms. The number of unbranched alkanes of at least 4 members (excludes halogenated alkanes) is 1. The van der Waals surface area contributed by atoms with Gasteiger partial charge in [-0.25, -0.2) is 4.99 Å². The standard InChI is InChI=1S/C8H15N2.C2H4O2/c1-3-4-6-10(2)7-5-9-8-10;1-2(3)4/h5,7-8H,3-4,6H2,1-2H3;1H3,(H,3,4)/q+1;/p-1. The second-order valence-electron chi connectivity index (χ2n) is 3.48. The summed E-state index contributed by atoms with van der Waals surface area (Å²) in [5.74, 6) is -1.08. The number of quaternary nitrogens is 1. The van der Waals surface area contributed by atoms with E-state index in [4.69, 9.17) is 9.90 Å². The van der Waals surface area contributed by atoms with Crippen molar-refractivity contribution in [1.82, 2.24) is 0 Å². The first-order chi connectivity index (χ1) is 6.50. The van der Waals surface area contributed by atoms with Crippen molar-refractivity contribution in [2.75, 3.05) is 13.6 Å². The zero-order chi connectivity index (χ0) is 11.0. The number of nitrogens with zero attached hydrogens (tertiary/aromatic N) is 2. The van der Waals surface area contributed by atoms with Gasteiger partial charge in [0.1, 0.15) is 6.20 Å². The highest BCUT2D eigenvalue weighted by molar-refractivity contribution is 5.60. The Morgan fingerprint density at radius 3 is 2.50 bits per heavy atom. The lowest BCUT2D eigenvalue weighted by Gasteiger charge is -2.20. The number of hydrogen-bond donors (Lipinski definition) is 0. The quantitative estimate of drug-likeness (QED) is 0.620. The van der Waals surface area contributed by atoms with Crippen LogP contribution in [0.4, 0.5) is 0 Å². The minimum Gasteiger partial charge on any atom is -0.550 e. The van der Waals surface area contributed by atoms with E-state index < -0.39 is 5.97 Å². The number of carboxylic acids is 1. The van der Waals surface area contributed by atoms with Crippen LogP contribution in [0.3, 0.4) is 0 Å². The summed E-state index contributed by atoms with van der Waals surface area (Å²) in [4.78, 5) is 12.9. The Morgan fingerprint density at radius 2 is 2.14 bits per heavy atom. The van der Waals surface area contributed by atoms with Crippen LogP contribution in [0.2, 0.25) is 0 Å². The SMILES string of the molecule is CC(=O)[O-].CCCC[N+]1(C)C=CN=C1. The van der Waals surface area contributed by atoms with Crippen molar-refractivity contribution in [1.29, 1.82) is 0 Å². The molecule has 14 heavy (non-hydrogen) atoms. The molecule has 0 saturated heterocycles. The maximum absolute atomic E-state index is 8.89. The normalized spacial score (nSPS) is 23.1. The van der Waals surface area contributed by atoms with Crippen molar-refractivity contribution in [3.05, 3.63) is 12.4 Å². The molecule has 0 fully saturated rings. The van der Waals surface area contributed by atoms with Crippen LogP contribution in [-0.2, 0) is 4.79 Å². The lowest BCUT2D eigenvalue weighted by molar-refractivity contribution is -0.756. The number of hydrogen-bond acceptors (Lipinski definition) is 3. The van der Waals surface area contributed by atoms with E-state index in [9.17, 15) is 0 Å². The van der Waals surface area contributed by atoms with Gasteiger partial charge in [-0.1, -0.05) is 13.3 Å². The molecule has 0 aromatic heterocycles. The molecule has 0 aliphatic carbocycles. The van der Waals surface area contributed by atoms with Crippen LogP contribution < -0.4 is 5.11 Å². The zero-order valence-corrected chi connectivity index (χ0v) is 9.06. The van der Waals surface area contributed by atoms with E-state index >= 15 is 0 Å². The van der Waals surface area contributed by atoms with E-state index in [2.05, 4.69) is 25.2 Å². The zero-order valence-electron chi connectivity index (χ0n) is 9.06. The number of aliphatic imine (C=N–C) groups is 1. The van der Waals surface area contributed by atoms with Crippen LogP contribution in [0.25, 0.3) is 0 Å². The molecule has 0 N–H and O–H groups in total. The van der Waals surface area contributed by atoms with Gasteiger partial charge in [0, 0.05) is 5.97 Å². The smallest absolute Gasteiger partial charge is 0.194 e. The molecule has 0 saturated carbocycles. The highest BCUT2D eigenvalue weighted by atomic mass is 16.4. The maximum atomic E-state index is 8.89. The molecule has 1 aliphatic rings. The van der Waals surface area contributed by atoms with Gasteiger partial charge in [0.2, 0.25) is 0 Å². The second-order valence-corrected chi connectivity index (χ2v) is 3.48. The van der Waals surface area contributed by atoms with Gasteiger partial charge >= 0.3 is 0 Å². The first-order valence-corrected chi connectivity index (χ1v) is 4.74. The van der Waals surface area contributed by atoms with Gasteiger partial charge in [-0.3, -0.25) is 4.48 Å². The van der Waals surface area contributed by atoms with Gasteiger partial charge < -0.3 is 9.90 Å². The van der Waals surface area contributed by atoms with Crippen LogP contribution in [0.15, 0.2) is 17.4 Å². The molecular formula is C10H18N2O2. The minimum absolute atomic E-state index is 0.883. The summed E-state index contributed by atoms with van der Waals surface area (Å²) in [6.07, 6.45) is 8.50. The summed E-state index contributed by atoms with van der Waals surface area (Å²) in [6, 6.07) is 0. The molecule has 0 aromatic carbocycles. The third kappa shape index (κ3) is 6.37. The largest absolute Gasteiger partial charge is 0.550 e. The molecule has 1 rings (SSSR count). The third-order valence-electron chi connectivity index (χ3n) is 1.82. The second kappa shape index (κ2) is 6.32. The van der Waals surface area contributed by atoms with E-state index in [0.717, 1.165) is 11.4 Å². The number of carbonyl (C=O) groups excluding carboxylic acids is 1. The molecule has 1 unspecified atom stereocenters. The summed E-state index contributed by atoms with van der Waals surface area (Å²) in [6.45, 7) is 4.36. The highest BCUT2D eigenvalue weighted by Crippen LogP contribution is 2.08. The Bertz CT molecular complexity index is 218.